The number of carbonyl (C=O) groups is 3. The van der Waals surface area contributed by atoms with Crippen molar-refractivity contribution in [3.8, 4) is 5.75 Å². The highest BCUT2D eigenvalue weighted by Gasteiger charge is 2.15. The molecule has 108 valence electrons. The molecule has 3 N–H and O–H groups in total. The maximum atomic E-state index is 11.8. The molecule has 7 nitrogen and oxygen atoms in total. The van der Waals surface area contributed by atoms with E-state index in [2.05, 4.69) is 0 Å². The number of nitrogens with two attached hydrogens (primary N) is 1. The largest absolute Gasteiger partial charge is 0.493 e. The number of rotatable bonds is 5. The first-order valence-corrected chi connectivity index (χ1v) is 6.50. The second kappa shape index (κ2) is 8.05. The topological polar surface area (TPSA) is 108 Å². The lowest BCUT2D eigenvalue weighted by atomic mass is 10.2. The van der Waals surface area contributed by atoms with Gasteiger partial charge in [-0.25, -0.2) is 9.59 Å². The van der Waals surface area contributed by atoms with Crippen molar-refractivity contribution >= 4 is 29.1 Å². The van der Waals surface area contributed by atoms with Crippen molar-refractivity contribution in [3.05, 3.63) is 29.8 Å². The van der Waals surface area contributed by atoms with Crippen LogP contribution >= 0.6 is 11.9 Å². The number of hydrogen-bond donors (Lipinski definition) is 2. The number of para-hydroxylation sites is 1. The number of nitrogens with one attached hydrogen (secondary N) is 1. The lowest BCUT2D eigenvalue weighted by molar-refractivity contribution is -0.113. The van der Waals surface area contributed by atoms with Crippen molar-refractivity contribution in [2.24, 2.45) is 5.73 Å². The Labute approximate surface area is 119 Å². The number of ether oxygens (including phenoxy) is 2. The van der Waals surface area contributed by atoms with Crippen LogP contribution in [0.4, 0.5) is 4.79 Å². The van der Waals surface area contributed by atoms with Crippen LogP contribution in [-0.2, 0) is 9.53 Å². The van der Waals surface area contributed by atoms with Crippen LogP contribution in [-0.4, -0.2) is 30.3 Å². The van der Waals surface area contributed by atoms with Gasteiger partial charge in [0, 0.05) is 11.9 Å². The maximum absolute atomic E-state index is 11.8. The monoisotopic (exact) mass is 298 g/mol. The average Bonchev–Trinajstić information content (AvgIpc) is 2.43. The molecule has 0 saturated heterocycles. The molecule has 0 aliphatic heterocycles. The summed E-state index contributed by atoms with van der Waals surface area (Å²) in [5, 5.41) is -0.550. The van der Waals surface area contributed by atoms with Crippen molar-refractivity contribution in [2.45, 2.75) is 6.92 Å². The smallest absolute Gasteiger partial charge is 0.342 e. The molecule has 0 aliphatic rings. The quantitative estimate of drug-likeness (QED) is 0.622. The van der Waals surface area contributed by atoms with E-state index in [-0.39, 0.29) is 5.56 Å². The van der Waals surface area contributed by atoms with Crippen LogP contribution in [0.25, 0.3) is 0 Å². The number of carbonyl (C=O) groups excluding carboxylic acids is 3. The molecule has 0 saturated carbocycles. The molecule has 2 amide bonds. The third-order valence-corrected chi connectivity index (χ3v) is 2.64. The predicted molar refractivity (Wildman–Crippen MR) is 73.2 cm³/mol. The molecule has 0 unspecified atom stereocenters. The Balaban J connectivity index is 2.54. The number of primary amides is 1. The summed E-state index contributed by atoms with van der Waals surface area (Å²) < 4.78 is 12.1. The first-order chi connectivity index (χ1) is 9.54. The van der Waals surface area contributed by atoms with E-state index in [1.54, 1.807) is 25.1 Å². The third kappa shape index (κ3) is 5.19. The Morgan fingerprint density at radius 3 is 2.65 bits per heavy atom. The molecule has 0 aromatic heterocycles. The van der Waals surface area contributed by atoms with Gasteiger partial charge in [-0.1, -0.05) is 12.1 Å². The Kier molecular flexibility index (Phi) is 6.38. The first kappa shape index (κ1) is 15.8. The van der Waals surface area contributed by atoms with Crippen LogP contribution in [0.3, 0.4) is 0 Å². The number of benzene rings is 1. The third-order valence-electron chi connectivity index (χ3n) is 1.99. The standard InChI is InChI=1S/C12H14N2O5S/c1-2-18-9-6-4-3-5-8(9)11(16)19-7-10(15)20-14-12(13)17/h3-6H,2,7H2,1H3,(H3,13,14,17). The van der Waals surface area contributed by atoms with Gasteiger partial charge in [0.15, 0.2) is 6.61 Å². The first-order valence-electron chi connectivity index (χ1n) is 5.68. The minimum atomic E-state index is -0.851. The molecule has 1 aromatic rings. The van der Waals surface area contributed by atoms with E-state index in [0.29, 0.717) is 24.3 Å². The zero-order chi connectivity index (χ0) is 15.0. The van der Waals surface area contributed by atoms with Gasteiger partial charge in [0.05, 0.1) is 6.61 Å². The van der Waals surface area contributed by atoms with Crippen molar-refractivity contribution in [1.82, 2.24) is 4.72 Å². The predicted octanol–water partition coefficient (Wildman–Crippen LogP) is 1.09. The van der Waals surface area contributed by atoms with E-state index >= 15 is 0 Å². The van der Waals surface area contributed by atoms with Gasteiger partial charge in [-0.15, -0.1) is 0 Å². The SMILES string of the molecule is CCOc1ccccc1C(=O)OCC(=O)SNC(N)=O. The summed E-state index contributed by atoms with van der Waals surface area (Å²) in [5.41, 5.74) is 5.03. The second-order valence-corrected chi connectivity index (χ2v) is 4.31. The lowest BCUT2D eigenvalue weighted by Gasteiger charge is -2.09. The summed E-state index contributed by atoms with van der Waals surface area (Å²) in [7, 11) is 0. The lowest BCUT2D eigenvalue weighted by Crippen LogP contribution is -2.26. The minimum absolute atomic E-state index is 0.231. The number of hydrogen-bond acceptors (Lipinski definition) is 6. The van der Waals surface area contributed by atoms with Gasteiger partial charge in [-0.3, -0.25) is 9.52 Å². The molecule has 8 heteroatoms. The molecule has 0 heterocycles. The molecular weight excluding hydrogens is 284 g/mol. The molecule has 1 rings (SSSR count). The Morgan fingerprint density at radius 2 is 2.00 bits per heavy atom. The van der Waals surface area contributed by atoms with Gasteiger partial charge in [-0.2, -0.15) is 0 Å². The van der Waals surface area contributed by atoms with E-state index < -0.39 is 23.7 Å². The van der Waals surface area contributed by atoms with Crippen molar-refractivity contribution in [1.29, 1.82) is 0 Å². The minimum Gasteiger partial charge on any atom is -0.493 e. The summed E-state index contributed by atoms with van der Waals surface area (Å²) >= 11 is 0.464. The molecule has 0 atom stereocenters. The normalized spacial score (nSPS) is 9.65. The summed E-state index contributed by atoms with van der Waals surface area (Å²) in [5.74, 6) is -0.294. The Morgan fingerprint density at radius 1 is 1.30 bits per heavy atom. The average molecular weight is 298 g/mol. The van der Waals surface area contributed by atoms with Crippen LogP contribution < -0.4 is 15.2 Å². The molecule has 1 aromatic carbocycles. The van der Waals surface area contributed by atoms with Crippen LogP contribution in [0, 0.1) is 0 Å². The molecule has 20 heavy (non-hydrogen) atoms. The fraction of sp³-hybridized carbons (Fsp3) is 0.250. The summed E-state index contributed by atoms with van der Waals surface area (Å²) in [4.78, 5) is 33.5. The van der Waals surface area contributed by atoms with Crippen LogP contribution in [0.2, 0.25) is 0 Å². The maximum Gasteiger partial charge on any atom is 0.342 e. The van der Waals surface area contributed by atoms with Crippen molar-refractivity contribution in [2.75, 3.05) is 13.2 Å². The van der Waals surface area contributed by atoms with Crippen molar-refractivity contribution < 1.29 is 23.9 Å². The fourth-order valence-electron chi connectivity index (χ4n) is 1.26. The number of urea groups is 1. The van der Waals surface area contributed by atoms with Gasteiger partial charge in [0.25, 0.3) is 0 Å². The highest BCUT2D eigenvalue weighted by molar-refractivity contribution is 8.12. The fourth-order valence-corrected chi connectivity index (χ4v) is 1.59. The Bertz CT molecular complexity index is 506. The molecule has 0 spiro atoms. The Hall–Kier alpha value is -2.22. The zero-order valence-corrected chi connectivity index (χ0v) is 11.6. The van der Waals surface area contributed by atoms with Gasteiger partial charge in [-0.05, 0) is 19.1 Å². The summed E-state index contributed by atoms with van der Waals surface area (Å²) in [6, 6.07) is 5.69. The number of esters is 1. The van der Waals surface area contributed by atoms with Gasteiger partial charge < -0.3 is 15.2 Å². The summed E-state index contributed by atoms with van der Waals surface area (Å²) in [6.07, 6.45) is 0. The van der Waals surface area contributed by atoms with E-state index in [1.165, 1.54) is 6.07 Å². The highest BCUT2D eigenvalue weighted by Crippen LogP contribution is 2.18. The zero-order valence-electron chi connectivity index (χ0n) is 10.8. The molecule has 0 aliphatic carbocycles. The molecule has 0 bridgehead atoms. The van der Waals surface area contributed by atoms with E-state index in [4.69, 9.17) is 15.2 Å². The molecule has 0 radical (unpaired) electrons. The molecule has 0 fully saturated rings. The van der Waals surface area contributed by atoms with Crippen molar-refractivity contribution in [3.63, 3.8) is 0 Å². The van der Waals surface area contributed by atoms with Crippen LogP contribution in [0.15, 0.2) is 24.3 Å². The number of amides is 2. The van der Waals surface area contributed by atoms with Gasteiger partial charge in [0.1, 0.15) is 11.3 Å². The highest BCUT2D eigenvalue weighted by atomic mass is 32.2. The van der Waals surface area contributed by atoms with Crippen LogP contribution in [0.5, 0.6) is 5.75 Å². The molecular formula is C12H14N2O5S. The second-order valence-electron chi connectivity index (χ2n) is 3.45. The van der Waals surface area contributed by atoms with Gasteiger partial charge in [0.2, 0.25) is 5.12 Å². The van der Waals surface area contributed by atoms with Crippen LogP contribution in [0.1, 0.15) is 17.3 Å². The van der Waals surface area contributed by atoms with E-state index in [9.17, 15) is 14.4 Å². The van der Waals surface area contributed by atoms with E-state index in [1.807, 2.05) is 4.72 Å². The van der Waals surface area contributed by atoms with E-state index in [0.717, 1.165) is 0 Å². The van der Waals surface area contributed by atoms with Gasteiger partial charge >= 0.3 is 12.0 Å². The summed E-state index contributed by atoms with van der Waals surface area (Å²) in [6.45, 7) is 1.71.